The zero-order valence-electron chi connectivity index (χ0n) is 11.0. The normalized spacial score (nSPS) is 14.0. The van der Waals surface area contributed by atoms with Crippen LogP contribution in [0.4, 0.5) is 5.00 Å². The van der Waals surface area contributed by atoms with Crippen LogP contribution in [-0.2, 0) is 15.5 Å². The van der Waals surface area contributed by atoms with E-state index >= 15 is 0 Å². The first-order valence-electron chi connectivity index (χ1n) is 5.65. The molecular weight excluding hydrogens is 272 g/mol. The molecule has 0 radical (unpaired) electrons. The first kappa shape index (κ1) is 15.1. The van der Waals surface area contributed by atoms with Gasteiger partial charge in [-0.3, -0.25) is 4.21 Å². The Morgan fingerprint density at radius 2 is 2.28 bits per heavy atom. The molecule has 2 unspecified atom stereocenters. The topological polar surface area (TPSA) is 68.3 Å². The lowest BCUT2D eigenvalue weighted by Crippen LogP contribution is -2.23. The van der Waals surface area contributed by atoms with Crippen molar-refractivity contribution in [1.82, 2.24) is 4.37 Å². The number of hydrogen-bond donors (Lipinski definition) is 1. The van der Waals surface area contributed by atoms with Gasteiger partial charge in [-0.15, -0.1) is 0 Å². The van der Waals surface area contributed by atoms with Crippen LogP contribution >= 0.6 is 11.5 Å². The summed E-state index contributed by atoms with van der Waals surface area (Å²) in [7, 11) is -0.878. The zero-order valence-corrected chi connectivity index (χ0v) is 12.6. The first-order chi connectivity index (χ1) is 8.45. The summed E-state index contributed by atoms with van der Waals surface area (Å²) in [5.41, 5.74) is 1.14. The second-order valence-corrected chi connectivity index (χ2v) is 6.23. The highest BCUT2D eigenvalue weighted by Crippen LogP contribution is 2.26. The Labute approximate surface area is 114 Å². The van der Waals surface area contributed by atoms with E-state index in [1.165, 1.54) is 11.5 Å². The third-order valence-corrected chi connectivity index (χ3v) is 4.04. The van der Waals surface area contributed by atoms with Gasteiger partial charge in [0.1, 0.15) is 10.6 Å². The number of anilines is 1. The molecule has 0 fully saturated rings. The molecule has 102 valence electrons. The van der Waals surface area contributed by atoms with Crippen LogP contribution in [0.1, 0.15) is 29.9 Å². The highest BCUT2D eigenvalue weighted by Gasteiger charge is 2.20. The summed E-state index contributed by atoms with van der Waals surface area (Å²) in [5, 5.41) is 3.85. The molecule has 1 N–H and O–H groups in total. The van der Waals surface area contributed by atoms with Crippen LogP contribution < -0.4 is 5.32 Å². The molecule has 0 aliphatic carbocycles. The monoisotopic (exact) mass is 290 g/mol. The van der Waals surface area contributed by atoms with Gasteiger partial charge in [-0.25, -0.2) is 4.79 Å². The molecule has 1 rings (SSSR count). The van der Waals surface area contributed by atoms with Crippen LogP contribution in [0, 0.1) is 6.92 Å². The lowest BCUT2D eigenvalue weighted by Gasteiger charge is -2.13. The Balaban J connectivity index is 2.83. The van der Waals surface area contributed by atoms with Crippen molar-refractivity contribution >= 4 is 33.3 Å². The number of nitrogens with zero attached hydrogens (tertiary/aromatic N) is 1. The summed E-state index contributed by atoms with van der Waals surface area (Å²) in [6.07, 6.45) is 1.66. The lowest BCUT2D eigenvalue weighted by molar-refractivity contribution is 0.0527. The highest BCUT2D eigenvalue weighted by atomic mass is 32.2. The summed E-state index contributed by atoms with van der Waals surface area (Å²) >= 11 is 1.22. The van der Waals surface area contributed by atoms with Crippen LogP contribution in [0.25, 0.3) is 0 Å². The van der Waals surface area contributed by atoms with E-state index in [0.29, 0.717) is 28.6 Å². The van der Waals surface area contributed by atoms with Crippen molar-refractivity contribution in [2.24, 2.45) is 0 Å². The van der Waals surface area contributed by atoms with E-state index in [1.54, 1.807) is 20.1 Å². The fraction of sp³-hybridized carbons (Fsp3) is 0.636. The third-order valence-electron chi connectivity index (χ3n) is 2.20. The average molecular weight is 290 g/mol. The Bertz CT molecular complexity index is 445. The first-order valence-corrected chi connectivity index (χ1v) is 8.15. The van der Waals surface area contributed by atoms with Crippen LogP contribution in [0.5, 0.6) is 0 Å². The number of aryl methyl sites for hydroxylation is 1. The fourth-order valence-electron chi connectivity index (χ4n) is 1.53. The van der Waals surface area contributed by atoms with Crippen molar-refractivity contribution in [2.75, 3.05) is 23.9 Å². The molecule has 1 heterocycles. The zero-order chi connectivity index (χ0) is 13.7. The van der Waals surface area contributed by atoms with Crippen molar-refractivity contribution < 1.29 is 13.7 Å². The van der Waals surface area contributed by atoms with Gasteiger partial charge in [-0.2, -0.15) is 4.37 Å². The van der Waals surface area contributed by atoms with Gasteiger partial charge in [-0.05, 0) is 32.3 Å². The standard InChI is InChI=1S/C11H18N2O3S2/c1-5-16-11(14)9-8(3)13-17-10(9)12-7(2)6-18(4)15/h7,12H,5-6H2,1-4H3. The molecule has 18 heavy (non-hydrogen) atoms. The minimum absolute atomic E-state index is 0.0175. The molecule has 2 atom stereocenters. The molecule has 7 heteroatoms. The number of esters is 1. The van der Waals surface area contributed by atoms with Crippen LogP contribution in [0.15, 0.2) is 0 Å². The number of carbonyl (C=O) groups is 1. The largest absolute Gasteiger partial charge is 0.462 e. The van der Waals surface area contributed by atoms with E-state index in [1.807, 2.05) is 6.92 Å². The predicted molar refractivity (Wildman–Crippen MR) is 74.8 cm³/mol. The fourth-order valence-corrected chi connectivity index (χ4v) is 3.21. The number of rotatable bonds is 6. The van der Waals surface area contributed by atoms with Gasteiger partial charge in [0.2, 0.25) is 0 Å². The van der Waals surface area contributed by atoms with Crippen molar-refractivity contribution in [3.05, 3.63) is 11.3 Å². The number of hydrogen-bond acceptors (Lipinski definition) is 6. The Morgan fingerprint density at radius 1 is 1.61 bits per heavy atom. The molecule has 0 spiro atoms. The van der Waals surface area contributed by atoms with E-state index in [4.69, 9.17) is 4.74 Å². The second kappa shape index (κ2) is 6.84. The Kier molecular flexibility index (Phi) is 5.74. The van der Waals surface area contributed by atoms with Crippen molar-refractivity contribution in [2.45, 2.75) is 26.8 Å². The molecule has 0 aliphatic rings. The predicted octanol–water partition coefficient (Wildman–Crippen LogP) is 1.81. The van der Waals surface area contributed by atoms with Crippen molar-refractivity contribution in [1.29, 1.82) is 0 Å². The average Bonchev–Trinajstić information content (AvgIpc) is 2.58. The molecular formula is C11H18N2O3S2. The molecule has 5 nitrogen and oxygen atoms in total. The number of aromatic nitrogens is 1. The van der Waals surface area contributed by atoms with E-state index < -0.39 is 10.8 Å². The third kappa shape index (κ3) is 4.06. The molecule has 0 saturated carbocycles. The maximum atomic E-state index is 11.8. The highest BCUT2D eigenvalue weighted by molar-refractivity contribution is 7.84. The van der Waals surface area contributed by atoms with E-state index in [2.05, 4.69) is 9.69 Å². The number of ether oxygens (including phenoxy) is 1. The Morgan fingerprint density at radius 3 is 2.83 bits per heavy atom. The van der Waals surface area contributed by atoms with Gasteiger partial charge in [0, 0.05) is 28.9 Å². The molecule has 1 aromatic rings. The molecule has 0 aromatic carbocycles. The van der Waals surface area contributed by atoms with Crippen molar-refractivity contribution in [3.63, 3.8) is 0 Å². The maximum absolute atomic E-state index is 11.8. The Hall–Kier alpha value is -0.950. The number of carbonyl (C=O) groups excluding carboxylic acids is 1. The summed E-state index contributed by atoms with van der Waals surface area (Å²) in [4.78, 5) is 11.8. The smallest absolute Gasteiger partial charge is 0.343 e. The molecule has 0 bridgehead atoms. The summed E-state index contributed by atoms with van der Waals surface area (Å²) in [6, 6.07) is 0.0175. The van der Waals surface area contributed by atoms with Gasteiger partial charge in [0.05, 0.1) is 12.3 Å². The van der Waals surface area contributed by atoms with E-state index in [0.717, 1.165) is 0 Å². The minimum atomic E-state index is -0.878. The maximum Gasteiger partial charge on any atom is 0.343 e. The molecule has 0 aliphatic heterocycles. The molecule has 0 amide bonds. The minimum Gasteiger partial charge on any atom is -0.462 e. The van der Waals surface area contributed by atoms with Gasteiger partial charge in [-0.1, -0.05) is 0 Å². The van der Waals surface area contributed by atoms with Crippen LogP contribution in [0.2, 0.25) is 0 Å². The number of nitrogens with one attached hydrogen (secondary N) is 1. The molecule has 0 saturated heterocycles. The van der Waals surface area contributed by atoms with E-state index in [-0.39, 0.29) is 12.0 Å². The van der Waals surface area contributed by atoms with Gasteiger partial charge >= 0.3 is 5.97 Å². The van der Waals surface area contributed by atoms with Gasteiger partial charge in [0.25, 0.3) is 0 Å². The van der Waals surface area contributed by atoms with Crippen LogP contribution in [0.3, 0.4) is 0 Å². The SMILES string of the molecule is CCOC(=O)c1c(C)nsc1NC(C)CS(C)=O. The quantitative estimate of drug-likeness (QED) is 0.809. The van der Waals surface area contributed by atoms with Crippen LogP contribution in [-0.4, -0.2) is 39.2 Å². The lowest BCUT2D eigenvalue weighted by atomic mass is 10.2. The summed E-state index contributed by atoms with van der Waals surface area (Å²) < 4.78 is 20.3. The van der Waals surface area contributed by atoms with Gasteiger partial charge in [0.15, 0.2) is 0 Å². The van der Waals surface area contributed by atoms with Crippen molar-refractivity contribution in [3.8, 4) is 0 Å². The van der Waals surface area contributed by atoms with Gasteiger partial charge < -0.3 is 10.1 Å². The summed E-state index contributed by atoms with van der Waals surface area (Å²) in [5.74, 6) is 0.162. The van der Waals surface area contributed by atoms with E-state index in [9.17, 15) is 9.00 Å². The second-order valence-electron chi connectivity index (χ2n) is 3.98. The summed E-state index contributed by atoms with van der Waals surface area (Å²) in [6.45, 7) is 5.80. The molecule has 1 aromatic heterocycles.